The Morgan fingerprint density at radius 2 is 1.60 bits per heavy atom. The van der Waals surface area contributed by atoms with Gasteiger partial charge in [-0.1, -0.05) is 34.6 Å². The maximum absolute atomic E-state index is 10.4. The highest BCUT2D eigenvalue weighted by Gasteiger charge is 2.36. The SMILES string of the molecule is CCNC[C@H](O)CC(O)(C(C)C)C(C)C. The number of aliphatic hydroxyl groups is 2. The van der Waals surface area contributed by atoms with E-state index in [1.807, 2.05) is 34.6 Å². The van der Waals surface area contributed by atoms with E-state index in [1.165, 1.54) is 0 Å². The summed E-state index contributed by atoms with van der Waals surface area (Å²) in [5.41, 5.74) is -0.769. The van der Waals surface area contributed by atoms with E-state index in [9.17, 15) is 10.2 Å². The largest absolute Gasteiger partial charge is 0.392 e. The van der Waals surface area contributed by atoms with Gasteiger partial charge in [0.25, 0.3) is 0 Å². The van der Waals surface area contributed by atoms with Gasteiger partial charge in [-0.2, -0.15) is 0 Å². The Bertz CT molecular complexity index is 161. The van der Waals surface area contributed by atoms with E-state index >= 15 is 0 Å². The zero-order valence-corrected chi connectivity index (χ0v) is 10.7. The van der Waals surface area contributed by atoms with E-state index in [0.717, 1.165) is 6.54 Å². The van der Waals surface area contributed by atoms with Crippen molar-refractivity contribution in [1.82, 2.24) is 5.32 Å². The summed E-state index contributed by atoms with van der Waals surface area (Å²) in [4.78, 5) is 0. The van der Waals surface area contributed by atoms with Gasteiger partial charge in [-0.3, -0.25) is 0 Å². The zero-order valence-electron chi connectivity index (χ0n) is 10.7. The molecule has 92 valence electrons. The molecule has 0 spiro atoms. The number of likely N-dealkylation sites (N-methyl/N-ethyl adjacent to an activating group) is 1. The third-order valence-corrected chi connectivity index (χ3v) is 3.19. The maximum Gasteiger partial charge on any atom is 0.0718 e. The van der Waals surface area contributed by atoms with Crippen LogP contribution in [-0.2, 0) is 0 Å². The second-order valence-corrected chi connectivity index (χ2v) is 4.97. The summed E-state index contributed by atoms with van der Waals surface area (Å²) in [5, 5.41) is 23.3. The molecule has 3 heteroatoms. The first-order valence-electron chi connectivity index (χ1n) is 5.95. The molecule has 0 bridgehead atoms. The molecular formula is C12H27NO2. The van der Waals surface area contributed by atoms with Crippen molar-refractivity contribution in [1.29, 1.82) is 0 Å². The van der Waals surface area contributed by atoms with Gasteiger partial charge in [-0.05, 0) is 18.4 Å². The second kappa shape index (κ2) is 6.46. The Morgan fingerprint density at radius 1 is 1.13 bits per heavy atom. The molecule has 0 radical (unpaired) electrons. The number of rotatable bonds is 7. The minimum Gasteiger partial charge on any atom is -0.392 e. The molecule has 0 saturated heterocycles. The molecule has 0 heterocycles. The van der Waals surface area contributed by atoms with Gasteiger partial charge in [0.1, 0.15) is 0 Å². The third kappa shape index (κ3) is 4.49. The molecular weight excluding hydrogens is 190 g/mol. The van der Waals surface area contributed by atoms with E-state index in [1.54, 1.807) is 0 Å². The summed E-state index contributed by atoms with van der Waals surface area (Å²) in [6, 6.07) is 0. The maximum atomic E-state index is 10.4. The van der Waals surface area contributed by atoms with Crippen LogP contribution in [-0.4, -0.2) is 35.0 Å². The van der Waals surface area contributed by atoms with E-state index in [0.29, 0.717) is 13.0 Å². The number of hydrogen-bond donors (Lipinski definition) is 3. The molecule has 0 aromatic rings. The van der Waals surface area contributed by atoms with Crippen LogP contribution in [0.25, 0.3) is 0 Å². The molecule has 0 aromatic heterocycles. The van der Waals surface area contributed by atoms with Crippen LogP contribution in [0.3, 0.4) is 0 Å². The molecule has 0 saturated carbocycles. The summed E-state index contributed by atoms with van der Waals surface area (Å²) in [6.07, 6.45) is -0.0326. The van der Waals surface area contributed by atoms with Gasteiger partial charge in [-0.15, -0.1) is 0 Å². The monoisotopic (exact) mass is 217 g/mol. The minimum absolute atomic E-state index is 0.161. The standard InChI is InChI=1S/C12H27NO2/c1-6-13-8-11(14)7-12(15,9(2)3)10(4)5/h9-11,13-15H,6-8H2,1-5H3/t11-/m1/s1. The molecule has 3 N–H and O–H groups in total. The minimum atomic E-state index is -0.769. The first-order chi connectivity index (χ1) is 6.84. The normalized spacial score (nSPS) is 15.0. The summed E-state index contributed by atoms with van der Waals surface area (Å²) in [6.45, 7) is 11.4. The highest BCUT2D eigenvalue weighted by atomic mass is 16.3. The lowest BCUT2D eigenvalue weighted by Crippen LogP contribution is -2.45. The Hall–Kier alpha value is -0.120. The van der Waals surface area contributed by atoms with Gasteiger partial charge < -0.3 is 15.5 Å². The molecule has 0 unspecified atom stereocenters. The molecule has 0 rings (SSSR count). The lowest BCUT2D eigenvalue weighted by molar-refractivity contribution is -0.0795. The van der Waals surface area contributed by atoms with E-state index < -0.39 is 11.7 Å². The Labute approximate surface area is 93.9 Å². The zero-order chi connectivity index (χ0) is 12.1. The van der Waals surface area contributed by atoms with Gasteiger partial charge in [0.2, 0.25) is 0 Å². The highest BCUT2D eigenvalue weighted by Crippen LogP contribution is 2.30. The first kappa shape index (κ1) is 14.9. The van der Waals surface area contributed by atoms with Crippen molar-refractivity contribution in [3.05, 3.63) is 0 Å². The summed E-state index contributed by atoms with van der Waals surface area (Å²) in [5.74, 6) is 0.322. The van der Waals surface area contributed by atoms with Crippen molar-refractivity contribution in [2.24, 2.45) is 11.8 Å². The summed E-state index contributed by atoms with van der Waals surface area (Å²) >= 11 is 0. The van der Waals surface area contributed by atoms with Crippen LogP contribution in [0.4, 0.5) is 0 Å². The number of nitrogens with one attached hydrogen (secondary N) is 1. The number of aliphatic hydroxyl groups excluding tert-OH is 1. The van der Waals surface area contributed by atoms with Crippen molar-refractivity contribution in [2.45, 2.75) is 52.7 Å². The van der Waals surface area contributed by atoms with Crippen LogP contribution >= 0.6 is 0 Å². The van der Waals surface area contributed by atoms with Crippen LogP contribution in [0.5, 0.6) is 0 Å². The average Bonchev–Trinajstić information content (AvgIpc) is 2.13. The van der Waals surface area contributed by atoms with Crippen molar-refractivity contribution >= 4 is 0 Å². The predicted molar refractivity (Wildman–Crippen MR) is 63.8 cm³/mol. The fourth-order valence-electron chi connectivity index (χ4n) is 1.90. The van der Waals surface area contributed by atoms with Crippen LogP contribution in [0.1, 0.15) is 41.0 Å². The first-order valence-corrected chi connectivity index (χ1v) is 5.95. The van der Waals surface area contributed by atoms with Crippen LogP contribution in [0, 0.1) is 11.8 Å². The molecule has 0 aliphatic carbocycles. The van der Waals surface area contributed by atoms with Gasteiger partial charge in [0.15, 0.2) is 0 Å². The predicted octanol–water partition coefficient (Wildman–Crippen LogP) is 1.39. The number of hydrogen-bond acceptors (Lipinski definition) is 3. The van der Waals surface area contributed by atoms with Gasteiger partial charge in [0.05, 0.1) is 11.7 Å². The van der Waals surface area contributed by atoms with E-state index in [2.05, 4.69) is 5.32 Å². The van der Waals surface area contributed by atoms with Crippen molar-refractivity contribution in [2.75, 3.05) is 13.1 Å². The summed E-state index contributed by atoms with van der Waals surface area (Å²) < 4.78 is 0. The quantitative estimate of drug-likeness (QED) is 0.604. The highest BCUT2D eigenvalue weighted by molar-refractivity contribution is 4.87. The molecule has 0 amide bonds. The van der Waals surface area contributed by atoms with Crippen LogP contribution in [0.2, 0.25) is 0 Å². The lowest BCUT2D eigenvalue weighted by atomic mass is 9.76. The fourth-order valence-corrected chi connectivity index (χ4v) is 1.90. The average molecular weight is 217 g/mol. The molecule has 0 aromatic carbocycles. The van der Waals surface area contributed by atoms with Crippen molar-refractivity contribution in [3.8, 4) is 0 Å². The van der Waals surface area contributed by atoms with Crippen molar-refractivity contribution < 1.29 is 10.2 Å². The van der Waals surface area contributed by atoms with E-state index in [4.69, 9.17) is 0 Å². The second-order valence-electron chi connectivity index (χ2n) is 4.97. The molecule has 15 heavy (non-hydrogen) atoms. The molecule has 1 atom stereocenters. The smallest absolute Gasteiger partial charge is 0.0718 e. The molecule has 0 fully saturated rings. The third-order valence-electron chi connectivity index (χ3n) is 3.19. The Morgan fingerprint density at radius 3 is 1.93 bits per heavy atom. The fraction of sp³-hybridized carbons (Fsp3) is 1.00. The van der Waals surface area contributed by atoms with Crippen LogP contribution in [0.15, 0.2) is 0 Å². The van der Waals surface area contributed by atoms with Crippen LogP contribution < -0.4 is 5.32 Å². The summed E-state index contributed by atoms with van der Waals surface area (Å²) in [7, 11) is 0. The van der Waals surface area contributed by atoms with Gasteiger partial charge in [-0.25, -0.2) is 0 Å². The molecule has 0 aliphatic rings. The molecule has 3 nitrogen and oxygen atoms in total. The topological polar surface area (TPSA) is 52.5 Å². The van der Waals surface area contributed by atoms with Gasteiger partial charge in [0, 0.05) is 13.0 Å². The van der Waals surface area contributed by atoms with E-state index in [-0.39, 0.29) is 11.8 Å². The Balaban J connectivity index is 4.29. The van der Waals surface area contributed by atoms with Crippen molar-refractivity contribution in [3.63, 3.8) is 0 Å². The van der Waals surface area contributed by atoms with Gasteiger partial charge >= 0.3 is 0 Å². The Kier molecular flexibility index (Phi) is 6.41. The lowest BCUT2D eigenvalue weighted by Gasteiger charge is -2.37. The molecule has 0 aliphatic heterocycles.